The van der Waals surface area contributed by atoms with Crippen LogP contribution in [0.2, 0.25) is 0 Å². The van der Waals surface area contributed by atoms with Gasteiger partial charge in [-0.15, -0.1) is 0 Å². The number of piperidine rings is 1. The van der Waals surface area contributed by atoms with Crippen molar-refractivity contribution in [1.82, 2.24) is 15.1 Å². The van der Waals surface area contributed by atoms with Crippen molar-refractivity contribution in [3.8, 4) is 0 Å². The second kappa shape index (κ2) is 8.82. The molecule has 0 spiro atoms. The predicted octanol–water partition coefficient (Wildman–Crippen LogP) is 1.27. The van der Waals surface area contributed by atoms with Crippen LogP contribution in [0.25, 0.3) is 0 Å². The normalized spacial score (nSPS) is 19.4. The van der Waals surface area contributed by atoms with E-state index in [1.54, 1.807) is 4.90 Å². The topological polar surface area (TPSA) is 35.6 Å². The van der Waals surface area contributed by atoms with Crippen LogP contribution in [0.15, 0.2) is 0 Å². The van der Waals surface area contributed by atoms with Crippen molar-refractivity contribution < 1.29 is 4.79 Å². The van der Waals surface area contributed by atoms with Crippen LogP contribution in [0.1, 0.15) is 26.2 Å². The molecule has 0 bridgehead atoms. The standard InChI is InChI=1S/C14H29N3OS/c1-5-12(11-19-4)15-13-6-8-17(9-7-13)10-14(18)16(2)3/h12-13,15H,5-11H2,1-4H3. The van der Waals surface area contributed by atoms with Crippen LogP contribution in [0.5, 0.6) is 0 Å². The first-order valence-electron chi connectivity index (χ1n) is 7.24. The number of hydrogen-bond acceptors (Lipinski definition) is 4. The number of nitrogens with one attached hydrogen (secondary N) is 1. The SMILES string of the molecule is CCC(CSC)NC1CCN(CC(=O)N(C)C)CC1. The number of likely N-dealkylation sites (N-methyl/N-ethyl adjacent to an activating group) is 1. The van der Waals surface area contributed by atoms with Gasteiger partial charge in [0.2, 0.25) is 5.91 Å². The van der Waals surface area contributed by atoms with Gasteiger partial charge in [0.15, 0.2) is 0 Å². The average molecular weight is 287 g/mol. The molecule has 0 aromatic carbocycles. The Balaban J connectivity index is 2.26. The van der Waals surface area contributed by atoms with Gasteiger partial charge in [-0.05, 0) is 25.5 Å². The molecule has 0 saturated carbocycles. The highest BCUT2D eigenvalue weighted by atomic mass is 32.2. The molecule has 0 aromatic rings. The third kappa shape index (κ3) is 6.15. The van der Waals surface area contributed by atoms with E-state index in [0.29, 0.717) is 18.6 Å². The summed E-state index contributed by atoms with van der Waals surface area (Å²) in [7, 11) is 3.65. The number of hydrogen-bond donors (Lipinski definition) is 1. The summed E-state index contributed by atoms with van der Waals surface area (Å²) in [6, 6.07) is 1.26. The Morgan fingerprint density at radius 3 is 2.53 bits per heavy atom. The van der Waals surface area contributed by atoms with E-state index in [1.165, 1.54) is 12.2 Å². The second-order valence-electron chi connectivity index (χ2n) is 5.57. The van der Waals surface area contributed by atoms with Crippen molar-refractivity contribution in [1.29, 1.82) is 0 Å². The summed E-state index contributed by atoms with van der Waals surface area (Å²) in [4.78, 5) is 15.6. The third-order valence-electron chi connectivity index (χ3n) is 3.78. The quantitative estimate of drug-likeness (QED) is 0.765. The van der Waals surface area contributed by atoms with Gasteiger partial charge in [-0.25, -0.2) is 0 Å². The first kappa shape index (κ1) is 16.8. The highest BCUT2D eigenvalue weighted by Crippen LogP contribution is 2.13. The molecule has 1 saturated heterocycles. The minimum Gasteiger partial charge on any atom is -0.348 e. The number of likely N-dealkylation sites (tertiary alicyclic amines) is 1. The molecule has 1 rings (SSSR count). The van der Waals surface area contributed by atoms with Gasteiger partial charge >= 0.3 is 0 Å². The number of rotatable bonds is 7. The molecular weight excluding hydrogens is 258 g/mol. The Kier molecular flexibility index (Phi) is 7.80. The van der Waals surface area contributed by atoms with E-state index in [1.807, 2.05) is 25.9 Å². The zero-order chi connectivity index (χ0) is 14.3. The van der Waals surface area contributed by atoms with Crippen molar-refractivity contribution in [3.63, 3.8) is 0 Å². The van der Waals surface area contributed by atoms with Crippen molar-refractivity contribution in [3.05, 3.63) is 0 Å². The second-order valence-corrected chi connectivity index (χ2v) is 6.48. The van der Waals surface area contributed by atoms with Gasteiger partial charge in [-0.2, -0.15) is 11.8 Å². The van der Waals surface area contributed by atoms with Crippen molar-refractivity contribution >= 4 is 17.7 Å². The molecule has 112 valence electrons. The first-order valence-corrected chi connectivity index (χ1v) is 8.63. The Morgan fingerprint density at radius 1 is 1.42 bits per heavy atom. The Bertz CT molecular complexity index is 265. The molecule has 0 aromatic heterocycles. The molecule has 0 radical (unpaired) electrons. The number of thioether (sulfide) groups is 1. The lowest BCUT2D eigenvalue weighted by molar-refractivity contribution is -0.130. The summed E-state index contributed by atoms with van der Waals surface area (Å²) in [5.74, 6) is 1.40. The molecule has 1 atom stereocenters. The highest BCUT2D eigenvalue weighted by molar-refractivity contribution is 7.98. The maximum absolute atomic E-state index is 11.7. The fraction of sp³-hybridized carbons (Fsp3) is 0.929. The zero-order valence-corrected chi connectivity index (χ0v) is 13.6. The van der Waals surface area contributed by atoms with Crippen molar-refractivity contribution in [2.24, 2.45) is 0 Å². The van der Waals surface area contributed by atoms with Crippen molar-refractivity contribution in [2.45, 2.75) is 38.3 Å². The summed E-state index contributed by atoms with van der Waals surface area (Å²) < 4.78 is 0. The van der Waals surface area contributed by atoms with Crippen LogP contribution in [0, 0.1) is 0 Å². The molecule has 0 aliphatic carbocycles. The Hall–Kier alpha value is -0.260. The molecule has 1 N–H and O–H groups in total. The molecule has 4 nitrogen and oxygen atoms in total. The van der Waals surface area contributed by atoms with Crippen LogP contribution >= 0.6 is 11.8 Å². The maximum Gasteiger partial charge on any atom is 0.236 e. The van der Waals surface area contributed by atoms with Crippen LogP contribution in [-0.4, -0.2) is 73.5 Å². The van der Waals surface area contributed by atoms with Crippen LogP contribution in [0.4, 0.5) is 0 Å². The number of nitrogens with zero attached hydrogens (tertiary/aromatic N) is 2. The monoisotopic (exact) mass is 287 g/mol. The molecule has 1 heterocycles. The molecule has 1 aliphatic heterocycles. The minimum atomic E-state index is 0.209. The van der Waals surface area contributed by atoms with Gasteiger partial charge < -0.3 is 10.2 Å². The molecule has 1 aliphatic rings. The average Bonchev–Trinajstić information content (AvgIpc) is 2.40. The molecule has 5 heteroatoms. The van der Waals surface area contributed by atoms with E-state index in [2.05, 4.69) is 23.4 Å². The maximum atomic E-state index is 11.7. The van der Waals surface area contributed by atoms with E-state index in [0.717, 1.165) is 25.9 Å². The third-order valence-corrected chi connectivity index (χ3v) is 4.51. The van der Waals surface area contributed by atoms with Crippen LogP contribution in [-0.2, 0) is 4.79 Å². The number of carbonyl (C=O) groups excluding carboxylic acids is 1. The minimum absolute atomic E-state index is 0.209. The largest absolute Gasteiger partial charge is 0.348 e. The van der Waals surface area contributed by atoms with E-state index in [-0.39, 0.29) is 5.91 Å². The molecule has 19 heavy (non-hydrogen) atoms. The highest BCUT2D eigenvalue weighted by Gasteiger charge is 2.22. The smallest absolute Gasteiger partial charge is 0.236 e. The molecule has 1 amide bonds. The fourth-order valence-corrected chi connectivity index (χ4v) is 3.14. The van der Waals surface area contributed by atoms with Gasteiger partial charge in [0.25, 0.3) is 0 Å². The summed E-state index contributed by atoms with van der Waals surface area (Å²) >= 11 is 1.91. The molecule has 1 unspecified atom stereocenters. The first-order chi connectivity index (χ1) is 9.06. The van der Waals surface area contributed by atoms with E-state index in [4.69, 9.17) is 0 Å². The van der Waals surface area contributed by atoms with Gasteiger partial charge in [-0.3, -0.25) is 9.69 Å². The zero-order valence-electron chi connectivity index (χ0n) is 12.8. The van der Waals surface area contributed by atoms with Gasteiger partial charge in [0.1, 0.15) is 0 Å². The van der Waals surface area contributed by atoms with Crippen LogP contribution < -0.4 is 5.32 Å². The molecular formula is C14H29N3OS. The predicted molar refractivity (Wildman–Crippen MR) is 83.8 cm³/mol. The van der Waals surface area contributed by atoms with Crippen molar-refractivity contribution in [2.75, 3.05) is 45.7 Å². The summed E-state index contributed by atoms with van der Waals surface area (Å²) in [5, 5.41) is 3.76. The lowest BCUT2D eigenvalue weighted by Crippen LogP contribution is -2.48. The van der Waals surface area contributed by atoms with Gasteiger partial charge in [0, 0.05) is 45.0 Å². The van der Waals surface area contributed by atoms with Gasteiger partial charge in [-0.1, -0.05) is 6.92 Å². The number of amides is 1. The summed E-state index contributed by atoms with van der Waals surface area (Å²) in [6.07, 6.45) is 5.68. The van der Waals surface area contributed by atoms with Crippen LogP contribution in [0.3, 0.4) is 0 Å². The Labute approximate surface area is 122 Å². The lowest BCUT2D eigenvalue weighted by Gasteiger charge is -2.34. The summed E-state index contributed by atoms with van der Waals surface area (Å²) in [5.41, 5.74) is 0. The molecule has 1 fully saturated rings. The fourth-order valence-electron chi connectivity index (χ4n) is 2.41. The van der Waals surface area contributed by atoms with E-state index < -0.39 is 0 Å². The number of carbonyl (C=O) groups is 1. The van der Waals surface area contributed by atoms with E-state index in [9.17, 15) is 4.79 Å². The van der Waals surface area contributed by atoms with Gasteiger partial charge in [0.05, 0.1) is 6.54 Å². The lowest BCUT2D eigenvalue weighted by atomic mass is 10.0. The Morgan fingerprint density at radius 2 is 2.05 bits per heavy atom. The van der Waals surface area contributed by atoms with E-state index >= 15 is 0 Å². The summed E-state index contributed by atoms with van der Waals surface area (Å²) in [6.45, 7) is 4.89.